The Bertz CT molecular complexity index is 1220. The number of hydrogen-bond donors (Lipinski definition) is 2. The minimum absolute atomic E-state index is 0.0284. The molecule has 0 aliphatic heterocycles. The van der Waals surface area contributed by atoms with Gasteiger partial charge in [0.1, 0.15) is 5.75 Å². The summed E-state index contributed by atoms with van der Waals surface area (Å²) in [6.07, 6.45) is 0.243. The number of benzene rings is 3. The Morgan fingerprint density at radius 3 is 2.44 bits per heavy atom. The van der Waals surface area contributed by atoms with Gasteiger partial charge in [-0.25, -0.2) is 0 Å². The standard InChI is InChI=1S/C24H20N4O4/c1-31-20-12-10-17(11-13-20)23-27-28-24(32-23)26-22(30)18-8-5-9-19(15-18)25-21(29)14-16-6-3-2-4-7-16/h2-13,15H,14H2,1H3,(H,25,29)(H,26,28,30). The Morgan fingerprint density at radius 2 is 1.69 bits per heavy atom. The smallest absolute Gasteiger partial charge is 0.322 e. The van der Waals surface area contributed by atoms with Crippen molar-refractivity contribution < 1.29 is 18.7 Å². The number of aromatic nitrogens is 2. The fraction of sp³-hybridized carbons (Fsp3) is 0.0833. The van der Waals surface area contributed by atoms with Gasteiger partial charge in [-0.3, -0.25) is 14.9 Å². The van der Waals surface area contributed by atoms with Crippen LogP contribution >= 0.6 is 0 Å². The summed E-state index contributed by atoms with van der Waals surface area (Å²) in [6, 6.07) is 23.1. The fourth-order valence-electron chi connectivity index (χ4n) is 3.02. The Hall–Kier alpha value is -4.46. The number of nitrogens with one attached hydrogen (secondary N) is 2. The van der Waals surface area contributed by atoms with Crippen LogP contribution in [-0.2, 0) is 11.2 Å². The first kappa shape index (κ1) is 20.8. The number of carbonyl (C=O) groups is 2. The number of amides is 2. The van der Waals surface area contributed by atoms with Gasteiger partial charge in [0, 0.05) is 16.8 Å². The number of ether oxygens (including phenoxy) is 1. The average molecular weight is 428 g/mol. The molecular formula is C24H20N4O4. The molecule has 32 heavy (non-hydrogen) atoms. The van der Waals surface area contributed by atoms with E-state index in [1.807, 2.05) is 30.3 Å². The lowest BCUT2D eigenvalue weighted by Gasteiger charge is -2.07. The first-order chi connectivity index (χ1) is 15.6. The molecule has 160 valence electrons. The summed E-state index contributed by atoms with van der Waals surface area (Å²) in [4.78, 5) is 24.9. The van der Waals surface area contributed by atoms with Gasteiger partial charge >= 0.3 is 6.01 Å². The fourth-order valence-corrected chi connectivity index (χ4v) is 3.02. The number of nitrogens with zero attached hydrogens (tertiary/aromatic N) is 2. The van der Waals surface area contributed by atoms with Crippen LogP contribution in [0.2, 0.25) is 0 Å². The van der Waals surface area contributed by atoms with Crippen LogP contribution in [0.5, 0.6) is 5.75 Å². The molecule has 1 heterocycles. The van der Waals surface area contributed by atoms with E-state index in [9.17, 15) is 9.59 Å². The molecule has 0 radical (unpaired) electrons. The molecule has 0 aliphatic carbocycles. The zero-order valence-corrected chi connectivity index (χ0v) is 17.2. The molecule has 8 heteroatoms. The SMILES string of the molecule is COc1ccc(-c2nnc(NC(=O)c3cccc(NC(=O)Cc4ccccc4)c3)o2)cc1. The Labute approximate surface area is 184 Å². The highest BCUT2D eigenvalue weighted by molar-refractivity contribution is 6.04. The average Bonchev–Trinajstić information content (AvgIpc) is 3.28. The summed E-state index contributed by atoms with van der Waals surface area (Å²) >= 11 is 0. The van der Waals surface area contributed by atoms with Crippen LogP contribution < -0.4 is 15.4 Å². The summed E-state index contributed by atoms with van der Waals surface area (Å²) in [5.41, 5.74) is 2.46. The van der Waals surface area contributed by atoms with E-state index >= 15 is 0 Å². The van der Waals surface area contributed by atoms with Crippen molar-refractivity contribution in [3.05, 3.63) is 90.0 Å². The van der Waals surface area contributed by atoms with E-state index in [2.05, 4.69) is 20.8 Å². The van der Waals surface area contributed by atoms with Crippen molar-refractivity contribution in [2.24, 2.45) is 0 Å². The molecule has 0 saturated carbocycles. The van der Waals surface area contributed by atoms with Crippen LogP contribution in [-0.4, -0.2) is 29.1 Å². The molecule has 0 aliphatic rings. The Kier molecular flexibility index (Phi) is 6.22. The molecule has 4 rings (SSSR count). The van der Waals surface area contributed by atoms with E-state index in [0.717, 1.165) is 5.56 Å². The van der Waals surface area contributed by atoms with Crippen LogP contribution in [0.25, 0.3) is 11.5 Å². The predicted molar refractivity (Wildman–Crippen MR) is 119 cm³/mol. The minimum Gasteiger partial charge on any atom is -0.497 e. The molecule has 3 aromatic carbocycles. The summed E-state index contributed by atoms with van der Waals surface area (Å²) < 4.78 is 10.7. The lowest BCUT2D eigenvalue weighted by molar-refractivity contribution is -0.115. The highest BCUT2D eigenvalue weighted by Gasteiger charge is 2.14. The maximum atomic E-state index is 12.6. The Morgan fingerprint density at radius 1 is 0.906 bits per heavy atom. The van der Waals surface area contributed by atoms with Crippen LogP contribution in [0.4, 0.5) is 11.7 Å². The second kappa shape index (κ2) is 9.57. The molecule has 0 atom stereocenters. The Balaban J connectivity index is 1.39. The zero-order chi connectivity index (χ0) is 22.3. The van der Waals surface area contributed by atoms with Crippen molar-refractivity contribution in [2.75, 3.05) is 17.7 Å². The minimum atomic E-state index is -0.436. The second-order valence-corrected chi connectivity index (χ2v) is 6.89. The number of methoxy groups -OCH3 is 1. The van der Waals surface area contributed by atoms with Gasteiger partial charge in [-0.05, 0) is 48.0 Å². The van der Waals surface area contributed by atoms with E-state index < -0.39 is 5.91 Å². The molecule has 2 amide bonds. The third-order valence-electron chi connectivity index (χ3n) is 4.60. The van der Waals surface area contributed by atoms with Crippen molar-refractivity contribution in [3.8, 4) is 17.2 Å². The third-order valence-corrected chi connectivity index (χ3v) is 4.60. The van der Waals surface area contributed by atoms with Gasteiger partial charge in [-0.2, -0.15) is 0 Å². The summed E-state index contributed by atoms with van der Waals surface area (Å²) in [6.45, 7) is 0. The molecule has 0 spiro atoms. The maximum Gasteiger partial charge on any atom is 0.322 e. The molecule has 0 bridgehead atoms. The summed E-state index contributed by atoms with van der Waals surface area (Å²) in [5, 5.41) is 13.2. The molecule has 0 fully saturated rings. The van der Waals surface area contributed by atoms with Gasteiger partial charge in [0.15, 0.2) is 0 Å². The highest BCUT2D eigenvalue weighted by Crippen LogP contribution is 2.23. The van der Waals surface area contributed by atoms with Crippen molar-refractivity contribution in [3.63, 3.8) is 0 Å². The van der Waals surface area contributed by atoms with Crippen molar-refractivity contribution >= 4 is 23.5 Å². The van der Waals surface area contributed by atoms with Gasteiger partial charge in [0.25, 0.3) is 5.91 Å². The number of rotatable bonds is 7. The van der Waals surface area contributed by atoms with E-state index in [4.69, 9.17) is 9.15 Å². The molecule has 0 unspecified atom stereocenters. The predicted octanol–water partition coefficient (Wildman–Crippen LogP) is 4.18. The third kappa shape index (κ3) is 5.17. The number of hydrogen-bond acceptors (Lipinski definition) is 6. The molecule has 2 N–H and O–H groups in total. The van der Waals surface area contributed by atoms with E-state index in [1.165, 1.54) is 0 Å². The van der Waals surface area contributed by atoms with Crippen molar-refractivity contribution in [1.82, 2.24) is 10.2 Å². The summed E-state index contributed by atoms with van der Waals surface area (Å²) in [7, 11) is 1.58. The van der Waals surface area contributed by atoms with E-state index in [-0.39, 0.29) is 24.2 Å². The monoisotopic (exact) mass is 428 g/mol. The quantitative estimate of drug-likeness (QED) is 0.457. The van der Waals surface area contributed by atoms with E-state index in [0.29, 0.717) is 22.6 Å². The van der Waals surface area contributed by atoms with Crippen molar-refractivity contribution in [2.45, 2.75) is 6.42 Å². The first-order valence-electron chi connectivity index (χ1n) is 9.84. The number of anilines is 2. The second-order valence-electron chi connectivity index (χ2n) is 6.89. The van der Waals surface area contributed by atoms with Crippen LogP contribution in [0.1, 0.15) is 15.9 Å². The first-order valence-corrected chi connectivity index (χ1v) is 9.84. The molecular weight excluding hydrogens is 408 g/mol. The maximum absolute atomic E-state index is 12.6. The van der Waals surface area contributed by atoms with Gasteiger partial charge in [0.05, 0.1) is 13.5 Å². The summed E-state index contributed by atoms with van der Waals surface area (Å²) in [5.74, 6) is 0.367. The van der Waals surface area contributed by atoms with Crippen molar-refractivity contribution in [1.29, 1.82) is 0 Å². The normalized spacial score (nSPS) is 10.4. The van der Waals surface area contributed by atoms with Crippen LogP contribution in [0.15, 0.2) is 83.3 Å². The van der Waals surface area contributed by atoms with Gasteiger partial charge < -0.3 is 14.5 Å². The largest absolute Gasteiger partial charge is 0.497 e. The van der Waals surface area contributed by atoms with Crippen LogP contribution in [0, 0.1) is 0 Å². The van der Waals surface area contributed by atoms with Gasteiger partial charge in [-0.1, -0.05) is 41.5 Å². The molecule has 1 aromatic heterocycles. The zero-order valence-electron chi connectivity index (χ0n) is 17.2. The molecule has 8 nitrogen and oxygen atoms in total. The van der Waals surface area contributed by atoms with Crippen LogP contribution in [0.3, 0.4) is 0 Å². The highest BCUT2D eigenvalue weighted by atomic mass is 16.5. The van der Waals surface area contributed by atoms with E-state index in [1.54, 1.807) is 55.6 Å². The van der Waals surface area contributed by atoms with Gasteiger partial charge in [0.2, 0.25) is 11.8 Å². The number of carbonyl (C=O) groups excluding carboxylic acids is 2. The topological polar surface area (TPSA) is 106 Å². The van der Waals surface area contributed by atoms with Gasteiger partial charge in [-0.15, -0.1) is 5.10 Å². The lowest BCUT2D eigenvalue weighted by atomic mass is 10.1. The lowest BCUT2D eigenvalue weighted by Crippen LogP contribution is -2.16. The molecule has 4 aromatic rings. The molecule has 0 saturated heterocycles.